The fourth-order valence-corrected chi connectivity index (χ4v) is 3.58. The van der Waals surface area contributed by atoms with Crippen LogP contribution in [0.15, 0.2) is 24.3 Å². The van der Waals surface area contributed by atoms with E-state index >= 15 is 0 Å². The van der Waals surface area contributed by atoms with Gasteiger partial charge in [-0.2, -0.15) is 0 Å². The summed E-state index contributed by atoms with van der Waals surface area (Å²) in [5.74, 6) is 0. The smallest absolute Gasteiger partial charge is 0.315 e. The molecule has 1 saturated carbocycles. The lowest BCUT2D eigenvalue weighted by molar-refractivity contribution is 0.0500. The van der Waals surface area contributed by atoms with E-state index in [4.69, 9.17) is 11.6 Å². The third-order valence-electron chi connectivity index (χ3n) is 4.83. The zero-order valence-corrected chi connectivity index (χ0v) is 14.0. The number of carbonyl (C=O) groups excluding carboxylic acids is 1. The van der Waals surface area contributed by atoms with Gasteiger partial charge in [0.1, 0.15) is 0 Å². The monoisotopic (exact) mass is 337 g/mol. The van der Waals surface area contributed by atoms with E-state index in [1.165, 1.54) is 0 Å². The van der Waals surface area contributed by atoms with Crippen molar-refractivity contribution >= 4 is 23.3 Å². The van der Waals surface area contributed by atoms with Crippen molar-refractivity contribution in [2.45, 2.75) is 43.7 Å². The predicted octanol–water partition coefficient (Wildman–Crippen LogP) is 2.52. The Balaban J connectivity index is 1.44. The molecule has 1 saturated heterocycles. The molecule has 1 heterocycles. The van der Waals surface area contributed by atoms with Gasteiger partial charge in [-0.25, -0.2) is 4.79 Å². The summed E-state index contributed by atoms with van der Waals surface area (Å²) in [6, 6.07) is 7.71. The first-order valence-electron chi connectivity index (χ1n) is 8.31. The molecule has 0 spiro atoms. The molecule has 0 radical (unpaired) electrons. The average molecular weight is 338 g/mol. The molecule has 3 rings (SSSR count). The van der Waals surface area contributed by atoms with Crippen molar-refractivity contribution in [3.8, 4) is 0 Å². The Kier molecular flexibility index (Phi) is 4.97. The van der Waals surface area contributed by atoms with Crippen LogP contribution in [0.3, 0.4) is 0 Å². The van der Waals surface area contributed by atoms with Crippen LogP contribution in [0.4, 0.5) is 10.5 Å². The van der Waals surface area contributed by atoms with E-state index in [-0.39, 0.29) is 12.1 Å². The van der Waals surface area contributed by atoms with Gasteiger partial charge in [0.25, 0.3) is 0 Å². The third kappa shape index (κ3) is 4.30. The average Bonchev–Trinajstić information content (AvgIpc) is 3.16. The number of benzene rings is 1. The molecule has 1 aromatic rings. The minimum Gasteiger partial charge on any atom is -0.388 e. The minimum atomic E-state index is -0.706. The Labute approximate surface area is 142 Å². The summed E-state index contributed by atoms with van der Waals surface area (Å²) in [6.45, 7) is 2.04. The third-order valence-corrected chi connectivity index (χ3v) is 5.08. The maximum absolute atomic E-state index is 12.0. The lowest BCUT2D eigenvalue weighted by Gasteiger charge is -2.23. The summed E-state index contributed by atoms with van der Waals surface area (Å²) < 4.78 is 0. The highest BCUT2D eigenvalue weighted by molar-refractivity contribution is 6.30. The summed E-state index contributed by atoms with van der Waals surface area (Å²) in [6.07, 6.45) is 4.55. The maximum atomic E-state index is 12.0. The maximum Gasteiger partial charge on any atom is 0.315 e. The summed E-state index contributed by atoms with van der Waals surface area (Å²) >= 11 is 5.91. The topological polar surface area (TPSA) is 64.6 Å². The lowest BCUT2D eigenvalue weighted by atomic mass is 10.0. The number of nitrogens with zero attached hydrogens (tertiary/aromatic N) is 1. The number of carbonyl (C=O) groups is 1. The molecule has 1 aliphatic heterocycles. The van der Waals surface area contributed by atoms with Gasteiger partial charge in [0.2, 0.25) is 0 Å². The van der Waals surface area contributed by atoms with E-state index < -0.39 is 5.60 Å². The molecule has 0 aromatic heterocycles. The molecule has 5 nitrogen and oxygen atoms in total. The van der Waals surface area contributed by atoms with Gasteiger partial charge in [0.05, 0.1) is 5.60 Å². The van der Waals surface area contributed by atoms with Crippen molar-refractivity contribution in [1.29, 1.82) is 0 Å². The molecular formula is C17H24ClN3O2. The van der Waals surface area contributed by atoms with Gasteiger partial charge in [-0.15, -0.1) is 0 Å². The molecule has 1 aliphatic carbocycles. The van der Waals surface area contributed by atoms with Gasteiger partial charge in [-0.1, -0.05) is 24.4 Å². The van der Waals surface area contributed by atoms with Crippen molar-refractivity contribution in [3.05, 3.63) is 29.3 Å². The first-order chi connectivity index (χ1) is 11.0. The fraction of sp³-hybridized carbons (Fsp3) is 0.588. The normalized spacial score (nSPS) is 23.0. The Morgan fingerprint density at radius 3 is 2.70 bits per heavy atom. The largest absolute Gasteiger partial charge is 0.388 e. The second-order valence-electron chi connectivity index (χ2n) is 6.67. The van der Waals surface area contributed by atoms with Gasteiger partial charge in [0, 0.05) is 36.4 Å². The summed E-state index contributed by atoms with van der Waals surface area (Å²) in [5, 5.41) is 16.8. The van der Waals surface area contributed by atoms with Crippen LogP contribution in [0.1, 0.15) is 32.1 Å². The highest BCUT2D eigenvalue weighted by Gasteiger charge is 2.31. The summed E-state index contributed by atoms with van der Waals surface area (Å²) in [7, 11) is 0. The van der Waals surface area contributed by atoms with E-state index in [0.717, 1.165) is 55.9 Å². The van der Waals surface area contributed by atoms with Crippen LogP contribution in [0.25, 0.3) is 0 Å². The van der Waals surface area contributed by atoms with E-state index in [1.54, 1.807) is 0 Å². The zero-order valence-electron chi connectivity index (χ0n) is 13.2. The fourth-order valence-electron chi connectivity index (χ4n) is 3.46. The number of rotatable bonds is 4. The van der Waals surface area contributed by atoms with Gasteiger partial charge in [0.15, 0.2) is 0 Å². The van der Waals surface area contributed by atoms with Crippen LogP contribution in [0, 0.1) is 0 Å². The Hall–Kier alpha value is -1.46. The summed E-state index contributed by atoms with van der Waals surface area (Å²) in [5.41, 5.74) is 0.418. The molecule has 1 atom stereocenters. The number of nitrogens with one attached hydrogen (secondary N) is 2. The van der Waals surface area contributed by atoms with Crippen LogP contribution in [0.2, 0.25) is 5.02 Å². The number of hydrogen-bond acceptors (Lipinski definition) is 3. The molecule has 1 unspecified atom stereocenters. The zero-order chi connectivity index (χ0) is 16.3. The Morgan fingerprint density at radius 1 is 1.30 bits per heavy atom. The van der Waals surface area contributed by atoms with Crippen LogP contribution in [-0.2, 0) is 0 Å². The molecule has 3 N–H and O–H groups in total. The van der Waals surface area contributed by atoms with Crippen molar-refractivity contribution < 1.29 is 9.90 Å². The first-order valence-corrected chi connectivity index (χ1v) is 8.69. The van der Waals surface area contributed by atoms with Crippen LogP contribution < -0.4 is 15.5 Å². The molecule has 6 heteroatoms. The quantitative estimate of drug-likeness (QED) is 0.791. The molecule has 2 aliphatic rings. The van der Waals surface area contributed by atoms with E-state index in [1.807, 2.05) is 24.3 Å². The highest BCUT2D eigenvalue weighted by Crippen LogP contribution is 2.28. The standard InChI is InChI=1S/C17H24ClN3O2/c18-13-3-5-15(6-4-13)21-10-7-14(11-21)20-16(22)19-12-17(23)8-1-2-9-17/h3-6,14,23H,1-2,7-12H2,(H2,19,20,22). The van der Waals surface area contributed by atoms with Gasteiger partial charge in [-0.3, -0.25) is 0 Å². The number of amides is 2. The van der Waals surface area contributed by atoms with Crippen LogP contribution in [0.5, 0.6) is 0 Å². The number of anilines is 1. The molecular weight excluding hydrogens is 314 g/mol. The second-order valence-corrected chi connectivity index (χ2v) is 7.10. The summed E-state index contributed by atoms with van der Waals surface area (Å²) in [4.78, 5) is 14.3. The highest BCUT2D eigenvalue weighted by atomic mass is 35.5. The number of halogens is 1. The molecule has 23 heavy (non-hydrogen) atoms. The number of urea groups is 1. The number of aliphatic hydroxyl groups is 1. The van der Waals surface area contributed by atoms with Crippen LogP contribution >= 0.6 is 11.6 Å². The first kappa shape index (κ1) is 16.4. The van der Waals surface area contributed by atoms with Gasteiger partial charge < -0.3 is 20.6 Å². The Morgan fingerprint density at radius 2 is 2.00 bits per heavy atom. The van der Waals surface area contributed by atoms with Crippen molar-refractivity contribution in [2.24, 2.45) is 0 Å². The second kappa shape index (κ2) is 6.97. The molecule has 2 amide bonds. The van der Waals surface area contributed by atoms with E-state index in [0.29, 0.717) is 6.54 Å². The van der Waals surface area contributed by atoms with Crippen molar-refractivity contribution in [2.75, 3.05) is 24.5 Å². The number of hydrogen-bond donors (Lipinski definition) is 3. The Bertz CT molecular complexity index is 543. The van der Waals surface area contributed by atoms with E-state index in [2.05, 4.69) is 15.5 Å². The molecule has 1 aromatic carbocycles. The lowest BCUT2D eigenvalue weighted by Crippen LogP contribution is -2.48. The van der Waals surface area contributed by atoms with Crippen LogP contribution in [-0.4, -0.2) is 42.4 Å². The van der Waals surface area contributed by atoms with Crippen molar-refractivity contribution in [3.63, 3.8) is 0 Å². The molecule has 0 bridgehead atoms. The minimum absolute atomic E-state index is 0.129. The van der Waals surface area contributed by atoms with E-state index in [9.17, 15) is 9.90 Å². The predicted molar refractivity (Wildman–Crippen MR) is 92.0 cm³/mol. The SMILES string of the molecule is O=C(NCC1(O)CCCC1)NC1CCN(c2ccc(Cl)cc2)C1. The molecule has 126 valence electrons. The van der Waals surface area contributed by atoms with Gasteiger partial charge in [-0.05, 0) is 43.5 Å². The van der Waals surface area contributed by atoms with Crippen molar-refractivity contribution in [1.82, 2.24) is 10.6 Å². The molecule has 2 fully saturated rings. The van der Waals surface area contributed by atoms with Gasteiger partial charge >= 0.3 is 6.03 Å².